The average molecular weight is 459 g/mol. The molecule has 0 saturated carbocycles. The van der Waals surface area contributed by atoms with Gasteiger partial charge >= 0.3 is 0 Å². The molecule has 0 aromatic heterocycles. The molecule has 1 aromatic carbocycles. The molecule has 2 N–H and O–H groups in total. The van der Waals surface area contributed by atoms with Gasteiger partial charge in [-0.2, -0.15) is 0 Å². The van der Waals surface area contributed by atoms with Crippen LogP contribution in [0.15, 0.2) is 12.1 Å². The van der Waals surface area contributed by atoms with Crippen LogP contribution in [-0.4, -0.2) is 40.1 Å². The zero-order valence-electron chi connectivity index (χ0n) is 23.7. The Hall–Kier alpha value is -1.55. The monoisotopic (exact) mass is 458 g/mol. The molecule has 1 atom stereocenters. The number of carbonyl (C=O) groups excluding carboxylic acids is 1. The van der Waals surface area contributed by atoms with Crippen LogP contribution in [0.25, 0.3) is 0 Å². The van der Waals surface area contributed by atoms with Gasteiger partial charge in [-0.1, -0.05) is 60.6 Å². The fraction of sp³-hybridized carbons (Fsp3) is 0.759. The Morgan fingerprint density at radius 3 is 1.70 bits per heavy atom. The smallest absolute Gasteiger partial charge is 0.232 e. The van der Waals surface area contributed by atoms with Gasteiger partial charge in [0.2, 0.25) is 5.91 Å². The molecule has 1 aliphatic heterocycles. The maximum absolute atomic E-state index is 14.2. The number of phenolic OH excluding ortho intramolecular Hbond substituents is 1. The molecular weight excluding hydrogens is 408 g/mol. The lowest BCUT2D eigenvalue weighted by atomic mass is 9.71. The number of aromatic hydroxyl groups is 1. The molecule has 2 rings (SSSR count). The molecule has 1 unspecified atom stereocenters. The predicted octanol–water partition coefficient (Wildman–Crippen LogP) is 6.42. The number of piperidine rings is 1. The first-order valence-electron chi connectivity index (χ1n) is 12.6. The summed E-state index contributed by atoms with van der Waals surface area (Å²) in [7, 11) is 1.98. The van der Waals surface area contributed by atoms with Crippen molar-refractivity contribution in [1.82, 2.24) is 10.2 Å². The third kappa shape index (κ3) is 5.75. The highest BCUT2D eigenvalue weighted by molar-refractivity contribution is 5.88. The van der Waals surface area contributed by atoms with Crippen LogP contribution in [0.1, 0.15) is 119 Å². The van der Waals surface area contributed by atoms with Crippen molar-refractivity contribution in [2.75, 3.05) is 7.05 Å². The quantitative estimate of drug-likeness (QED) is 0.547. The SMILES string of the molecule is CCC(C)(C(=O)N(C)C1CC(C)(C)NC(C)(C)C1)c1cc(C(C)(C)C)c(O)c(C(C)(C)C)c1. The van der Waals surface area contributed by atoms with E-state index in [2.05, 4.69) is 101 Å². The van der Waals surface area contributed by atoms with E-state index in [1.165, 1.54) is 0 Å². The second-order valence-corrected chi connectivity index (χ2v) is 14.0. The molecule has 1 aromatic rings. The van der Waals surface area contributed by atoms with Crippen LogP contribution in [0, 0.1) is 0 Å². The number of carbonyl (C=O) groups is 1. The number of nitrogens with zero attached hydrogens (tertiary/aromatic N) is 1. The van der Waals surface area contributed by atoms with Crippen LogP contribution in [-0.2, 0) is 21.0 Å². The highest BCUT2D eigenvalue weighted by Crippen LogP contribution is 2.44. The number of phenols is 1. The molecule has 1 heterocycles. The number of hydrogen-bond donors (Lipinski definition) is 2. The first-order valence-corrected chi connectivity index (χ1v) is 12.6. The van der Waals surface area contributed by atoms with Crippen molar-refractivity contribution < 1.29 is 9.90 Å². The molecule has 1 aliphatic rings. The Morgan fingerprint density at radius 1 is 0.970 bits per heavy atom. The lowest BCUT2D eigenvalue weighted by Gasteiger charge is -2.50. The van der Waals surface area contributed by atoms with Crippen LogP contribution >= 0.6 is 0 Å². The van der Waals surface area contributed by atoms with Gasteiger partial charge in [-0.25, -0.2) is 0 Å². The minimum atomic E-state index is -0.665. The summed E-state index contributed by atoms with van der Waals surface area (Å²) in [5.74, 6) is 0.522. The Morgan fingerprint density at radius 2 is 1.36 bits per heavy atom. The van der Waals surface area contributed by atoms with Crippen LogP contribution in [0.4, 0.5) is 0 Å². The van der Waals surface area contributed by atoms with Crippen molar-refractivity contribution in [2.24, 2.45) is 0 Å². The van der Waals surface area contributed by atoms with Gasteiger partial charge in [-0.15, -0.1) is 0 Å². The molecule has 188 valence electrons. The molecular formula is C29H50N2O2. The molecule has 0 bridgehead atoms. The lowest BCUT2D eigenvalue weighted by Crippen LogP contribution is -2.63. The van der Waals surface area contributed by atoms with Gasteiger partial charge in [0.25, 0.3) is 0 Å². The molecule has 4 nitrogen and oxygen atoms in total. The summed E-state index contributed by atoms with van der Waals surface area (Å²) in [5, 5.41) is 14.9. The fourth-order valence-electron chi connectivity index (χ4n) is 5.67. The summed E-state index contributed by atoms with van der Waals surface area (Å²) >= 11 is 0. The summed E-state index contributed by atoms with van der Waals surface area (Å²) in [4.78, 5) is 16.2. The summed E-state index contributed by atoms with van der Waals surface area (Å²) in [5.41, 5.74) is 1.64. The minimum absolute atomic E-state index is 0.0269. The average Bonchev–Trinajstić information content (AvgIpc) is 2.61. The van der Waals surface area contributed by atoms with E-state index in [1.54, 1.807) is 0 Å². The molecule has 1 saturated heterocycles. The maximum atomic E-state index is 14.2. The Balaban J connectivity index is 2.60. The van der Waals surface area contributed by atoms with Crippen LogP contribution < -0.4 is 5.32 Å². The first-order chi connectivity index (χ1) is 14.6. The van der Waals surface area contributed by atoms with Gasteiger partial charge in [0.1, 0.15) is 5.75 Å². The Labute approximate surface area is 203 Å². The minimum Gasteiger partial charge on any atom is -0.507 e. The van der Waals surface area contributed by atoms with Crippen molar-refractivity contribution >= 4 is 5.91 Å². The van der Waals surface area contributed by atoms with Crippen LogP contribution in [0.2, 0.25) is 0 Å². The number of benzene rings is 1. The van der Waals surface area contributed by atoms with E-state index in [9.17, 15) is 9.90 Å². The van der Waals surface area contributed by atoms with E-state index >= 15 is 0 Å². The fourth-order valence-corrected chi connectivity index (χ4v) is 5.67. The van der Waals surface area contributed by atoms with Crippen molar-refractivity contribution in [1.29, 1.82) is 0 Å². The summed E-state index contributed by atoms with van der Waals surface area (Å²) < 4.78 is 0. The second kappa shape index (κ2) is 8.59. The third-order valence-electron chi connectivity index (χ3n) is 7.58. The largest absolute Gasteiger partial charge is 0.507 e. The van der Waals surface area contributed by atoms with Gasteiger partial charge in [0.15, 0.2) is 0 Å². The van der Waals surface area contributed by atoms with Crippen molar-refractivity contribution in [2.45, 2.75) is 136 Å². The molecule has 0 spiro atoms. The normalized spacial score (nSPS) is 20.9. The predicted molar refractivity (Wildman–Crippen MR) is 140 cm³/mol. The topological polar surface area (TPSA) is 52.6 Å². The van der Waals surface area contributed by atoms with E-state index in [4.69, 9.17) is 0 Å². The second-order valence-electron chi connectivity index (χ2n) is 14.0. The highest BCUT2D eigenvalue weighted by atomic mass is 16.3. The van der Waals surface area contributed by atoms with Gasteiger partial charge in [0.05, 0.1) is 5.41 Å². The van der Waals surface area contributed by atoms with E-state index in [1.807, 2.05) is 11.9 Å². The first kappa shape index (κ1) is 27.7. The molecule has 4 heteroatoms. The molecule has 33 heavy (non-hydrogen) atoms. The third-order valence-corrected chi connectivity index (χ3v) is 7.58. The number of rotatable bonds is 4. The van der Waals surface area contributed by atoms with Gasteiger partial charge < -0.3 is 15.3 Å². The van der Waals surface area contributed by atoms with Crippen LogP contribution in [0.3, 0.4) is 0 Å². The van der Waals surface area contributed by atoms with Gasteiger partial charge in [-0.05, 0) is 81.4 Å². The van der Waals surface area contributed by atoms with Crippen molar-refractivity contribution in [3.05, 3.63) is 28.8 Å². The zero-order chi connectivity index (χ0) is 25.8. The number of likely N-dealkylation sites (N-methyl/N-ethyl adjacent to an activating group) is 1. The van der Waals surface area contributed by atoms with Gasteiger partial charge in [-0.3, -0.25) is 4.79 Å². The summed E-state index contributed by atoms with van der Waals surface area (Å²) in [6.45, 7) is 25.8. The van der Waals surface area contributed by atoms with Gasteiger partial charge in [0, 0.05) is 24.2 Å². The van der Waals surface area contributed by atoms with Crippen molar-refractivity contribution in [3.63, 3.8) is 0 Å². The van der Waals surface area contributed by atoms with E-state index in [0.717, 1.165) is 29.5 Å². The van der Waals surface area contributed by atoms with Crippen molar-refractivity contribution in [3.8, 4) is 5.75 Å². The Bertz CT molecular complexity index is 835. The van der Waals surface area contributed by atoms with E-state index < -0.39 is 5.41 Å². The Kier molecular flexibility index (Phi) is 7.21. The molecule has 1 amide bonds. The molecule has 0 radical (unpaired) electrons. The van der Waals surface area contributed by atoms with E-state index in [0.29, 0.717) is 12.2 Å². The number of amides is 1. The lowest BCUT2D eigenvalue weighted by molar-refractivity contribution is -0.139. The van der Waals surface area contributed by atoms with E-state index in [-0.39, 0.29) is 33.9 Å². The molecule has 0 aliphatic carbocycles. The van der Waals surface area contributed by atoms with Crippen LogP contribution in [0.5, 0.6) is 5.75 Å². The zero-order valence-corrected chi connectivity index (χ0v) is 23.7. The highest BCUT2D eigenvalue weighted by Gasteiger charge is 2.44. The number of nitrogens with one attached hydrogen (secondary N) is 1. The standard InChI is InChI=1S/C29H50N2O2/c1-14-29(12,24(33)31(13)20-17-27(8,9)30-28(10,11)18-20)19-15-21(25(2,3)4)23(32)22(16-19)26(5,6)7/h15-16,20,30,32H,14,17-18H2,1-13H3. The summed E-state index contributed by atoms with van der Waals surface area (Å²) in [6.07, 6.45) is 2.55. The molecule has 1 fully saturated rings. The summed E-state index contributed by atoms with van der Waals surface area (Å²) in [6, 6.07) is 4.34. The maximum Gasteiger partial charge on any atom is 0.232 e. The number of hydrogen-bond acceptors (Lipinski definition) is 3.